The van der Waals surface area contributed by atoms with E-state index in [0.29, 0.717) is 0 Å². The third-order valence-corrected chi connectivity index (χ3v) is 1.85. The van der Waals surface area contributed by atoms with E-state index in [1.54, 1.807) is 41.5 Å². The maximum Gasteiger partial charge on any atom is 0.408 e. The molecule has 0 bridgehead atoms. The Bertz CT molecular complexity index is 394. The van der Waals surface area contributed by atoms with Crippen molar-refractivity contribution in [3.63, 3.8) is 0 Å². The van der Waals surface area contributed by atoms with Crippen molar-refractivity contribution in [2.24, 2.45) is 0 Å². The number of nitrogens with one attached hydrogen (secondary N) is 2. The van der Waals surface area contributed by atoms with Gasteiger partial charge in [-0.05, 0) is 41.5 Å². The number of alkyl carbamates (subject to hydrolysis) is 1. The van der Waals surface area contributed by atoms with Crippen molar-refractivity contribution in [2.45, 2.75) is 65.2 Å². The SMILES string of the molecule is CC(C)(C)ONC(=O)C[C@H](NC(=O)OC(C)(C)C)C(=O)O. The van der Waals surface area contributed by atoms with Crippen LogP contribution in [-0.4, -0.2) is 40.3 Å². The molecule has 2 amide bonds. The molecule has 0 heterocycles. The topological polar surface area (TPSA) is 114 Å². The van der Waals surface area contributed by atoms with E-state index in [0.717, 1.165) is 0 Å². The maximum absolute atomic E-state index is 11.6. The van der Waals surface area contributed by atoms with Crippen LogP contribution < -0.4 is 10.8 Å². The Morgan fingerprint density at radius 1 is 1.05 bits per heavy atom. The van der Waals surface area contributed by atoms with Crippen LogP contribution in [0.3, 0.4) is 0 Å². The summed E-state index contributed by atoms with van der Waals surface area (Å²) < 4.78 is 4.94. The first-order valence-electron chi connectivity index (χ1n) is 6.49. The van der Waals surface area contributed by atoms with Crippen LogP contribution in [-0.2, 0) is 19.2 Å². The molecule has 122 valence electrons. The van der Waals surface area contributed by atoms with E-state index in [2.05, 4.69) is 10.8 Å². The van der Waals surface area contributed by atoms with Gasteiger partial charge in [0, 0.05) is 0 Å². The second-order valence-electron chi connectivity index (χ2n) is 6.48. The molecule has 21 heavy (non-hydrogen) atoms. The molecule has 0 aromatic carbocycles. The summed E-state index contributed by atoms with van der Waals surface area (Å²) in [5, 5.41) is 11.1. The van der Waals surface area contributed by atoms with Gasteiger partial charge in [-0.3, -0.25) is 9.63 Å². The Labute approximate surface area is 124 Å². The zero-order chi connectivity index (χ0) is 16.8. The largest absolute Gasteiger partial charge is 0.480 e. The molecule has 0 saturated carbocycles. The molecule has 0 unspecified atom stereocenters. The van der Waals surface area contributed by atoms with Crippen LogP contribution in [0.15, 0.2) is 0 Å². The number of hydrogen-bond acceptors (Lipinski definition) is 5. The highest BCUT2D eigenvalue weighted by Crippen LogP contribution is 2.08. The second kappa shape index (κ2) is 7.26. The minimum Gasteiger partial charge on any atom is -0.480 e. The number of carbonyl (C=O) groups excluding carboxylic acids is 2. The fraction of sp³-hybridized carbons (Fsp3) is 0.769. The number of carboxylic acids is 1. The maximum atomic E-state index is 11.6. The summed E-state index contributed by atoms with van der Waals surface area (Å²) in [4.78, 5) is 39.2. The molecule has 0 spiro atoms. The summed E-state index contributed by atoms with van der Waals surface area (Å²) in [6.07, 6.45) is -1.37. The first-order chi connectivity index (χ1) is 9.30. The normalized spacial score (nSPS) is 13.2. The number of carbonyl (C=O) groups is 3. The molecule has 0 radical (unpaired) electrons. The molecule has 3 N–H and O–H groups in total. The van der Waals surface area contributed by atoms with Crippen molar-refractivity contribution in [3.8, 4) is 0 Å². The molecule has 0 saturated heterocycles. The molecule has 8 heteroatoms. The van der Waals surface area contributed by atoms with Gasteiger partial charge < -0.3 is 15.2 Å². The highest BCUT2D eigenvalue weighted by atomic mass is 16.7. The lowest BCUT2D eigenvalue weighted by molar-refractivity contribution is -0.150. The fourth-order valence-corrected chi connectivity index (χ4v) is 1.09. The molecule has 0 fully saturated rings. The summed E-state index contributed by atoms with van der Waals surface area (Å²) >= 11 is 0. The number of carboxylic acid groups (broad SMARTS) is 1. The molecule has 0 aliphatic carbocycles. The van der Waals surface area contributed by atoms with Gasteiger partial charge in [0.1, 0.15) is 11.6 Å². The fourth-order valence-electron chi connectivity index (χ4n) is 1.09. The van der Waals surface area contributed by atoms with E-state index in [4.69, 9.17) is 14.7 Å². The monoisotopic (exact) mass is 304 g/mol. The lowest BCUT2D eigenvalue weighted by Crippen LogP contribution is -2.46. The van der Waals surface area contributed by atoms with Crippen LogP contribution in [0.2, 0.25) is 0 Å². The Kier molecular flexibility index (Phi) is 6.62. The van der Waals surface area contributed by atoms with Gasteiger partial charge in [0.25, 0.3) is 0 Å². The molecule has 1 atom stereocenters. The third-order valence-electron chi connectivity index (χ3n) is 1.85. The van der Waals surface area contributed by atoms with E-state index in [9.17, 15) is 14.4 Å². The highest BCUT2D eigenvalue weighted by Gasteiger charge is 2.26. The Morgan fingerprint density at radius 2 is 1.57 bits per heavy atom. The van der Waals surface area contributed by atoms with Crippen LogP contribution in [0.5, 0.6) is 0 Å². The second-order valence-corrected chi connectivity index (χ2v) is 6.48. The number of hydroxylamine groups is 1. The van der Waals surface area contributed by atoms with Gasteiger partial charge in [0.15, 0.2) is 0 Å². The van der Waals surface area contributed by atoms with Crippen LogP contribution in [0.1, 0.15) is 48.0 Å². The minimum absolute atomic E-state index is 0.468. The van der Waals surface area contributed by atoms with Crippen molar-refractivity contribution in [2.75, 3.05) is 0 Å². The van der Waals surface area contributed by atoms with Gasteiger partial charge in [0.05, 0.1) is 12.0 Å². The predicted octanol–water partition coefficient (Wildman–Crippen LogP) is 1.20. The number of hydrogen-bond donors (Lipinski definition) is 3. The van der Waals surface area contributed by atoms with Crippen molar-refractivity contribution >= 4 is 18.0 Å². The quantitative estimate of drug-likeness (QED) is 0.658. The minimum atomic E-state index is -1.40. The molecule has 0 aliphatic rings. The summed E-state index contributed by atoms with van der Waals surface area (Å²) in [6.45, 7) is 10.1. The molecule has 8 nitrogen and oxygen atoms in total. The Balaban J connectivity index is 4.47. The van der Waals surface area contributed by atoms with Crippen LogP contribution in [0, 0.1) is 0 Å². The summed E-state index contributed by atoms with van der Waals surface area (Å²) in [5.41, 5.74) is 0.772. The van der Waals surface area contributed by atoms with Gasteiger partial charge in [-0.2, -0.15) is 0 Å². The zero-order valence-electron chi connectivity index (χ0n) is 13.3. The number of aliphatic carboxylic acids is 1. The first-order valence-corrected chi connectivity index (χ1v) is 6.49. The number of amides is 2. The van der Waals surface area contributed by atoms with E-state index in [1.165, 1.54) is 0 Å². The highest BCUT2D eigenvalue weighted by molar-refractivity contribution is 5.86. The molecule has 0 rings (SSSR count). The molecule has 0 aromatic heterocycles. The predicted molar refractivity (Wildman–Crippen MR) is 74.4 cm³/mol. The van der Waals surface area contributed by atoms with Crippen LogP contribution in [0.4, 0.5) is 4.79 Å². The van der Waals surface area contributed by atoms with Crippen LogP contribution in [0.25, 0.3) is 0 Å². The van der Waals surface area contributed by atoms with Gasteiger partial charge in [-0.25, -0.2) is 15.1 Å². The summed E-state index contributed by atoms with van der Waals surface area (Å²) in [5.74, 6) is -2.00. The lowest BCUT2D eigenvalue weighted by Gasteiger charge is -2.22. The number of rotatable bonds is 5. The number of ether oxygens (including phenoxy) is 1. The molecule has 0 aliphatic heterocycles. The zero-order valence-corrected chi connectivity index (χ0v) is 13.3. The molecular weight excluding hydrogens is 280 g/mol. The van der Waals surface area contributed by atoms with Crippen molar-refractivity contribution in [3.05, 3.63) is 0 Å². The Hall–Kier alpha value is -1.83. The summed E-state index contributed by atoms with van der Waals surface area (Å²) in [6, 6.07) is -1.40. The van der Waals surface area contributed by atoms with E-state index in [1.807, 2.05) is 0 Å². The van der Waals surface area contributed by atoms with Crippen molar-refractivity contribution in [1.29, 1.82) is 0 Å². The third kappa shape index (κ3) is 10.6. The van der Waals surface area contributed by atoms with Gasteiger partial charge >= 0.3 is 12.1 Å². The standard InChI is InChI=1S/C13H24N2O6/c1-12(2,3)20-11(19)14-8(10(17)18)7-9(16)15-21-13(4,5)6/h8H,7H2,1-6H3,(H,14,19)(H,15,16)(H,17,18)/t8-/m0/s1. The smallest absolute Gasteiger partial charge is 0.408 e. The van der Waals surface area contributed by atoms with E-state index < -0.39 is 41.6 Å². The van der Waals surface area contributed by atoms with Gasteiger partial charge in [0.2, 0.25) is 5.91 Å². The van der Waals surface area contributed by atoms with Gasteiger partial charge in [-0.1, -0.05) is 0 Å². The Morgan fingerprint density at radius 3 is 1.95 bits per heavy atom. The lowest BCUT2D eigenvalue weighted by atomic mass is 10.2. The first kappa shape index (κ1) is 19.2. The molecule has 0 aromatic rings. The van der Waals surface area contributed by atoms with Crippen LogP contribution >= 0.6 is 0 Å². The van der Waals surface area contributed by atoms with E-state index in [-0.39, 0.29) is 0 Å². The molecular formula is C13H24N2O6. The average Bonchev–Trinajstić information content (AvgIpc) is 2.21. The van der Waals surface area contributed by atoms with E-state index >= 15 is 0 Å². The van der Waals surface area contributed by atoms with Crippen molar-refractivity contribution < 1.29 is 29.1 Å². The van der Waals surface area contributed by atoms with Crippen molar-refractivity contribution in [1.82, 2.24) is 10.8 Å². The summed E-state index contributed by atoms with van der Waals surface area (Å²) in [7, 11) is 0. The van der Waals surface area contributed by atoms with Gasteiger partial charge in [-0.15, -0.1) is 0 Å². The average molecular weight is 304 g/mol.